The second-order valence-corrected chi connectivity index (χ2v) is 5.26. The molecule has 0 bridgehead atoms. The van der Waals surface area contributed by atoms with Crippen LogP contribution in [-0.4, -0.2) is 0 Å². The predicted octanol–water partition coefficient (Wildman–Crippen LogP) is 5.20. The van der Waals surface area contributed by atoms with E-state index in [9.17, 15) is 0 Å². The summed E-state index contributed by atoms with van der Waals surface area (Å²) >= 11 is 0. The van der Waals surface area contributed by atoms with Crippen molar-refractivity contribution in [1.29, 1.82) is 0 Å². The van der Waals surface area contributed by atoms with Gasteiger partial charge in [0.05, 0.1) is 0 Å². The van der Waals surface area contributed by atoms with E-state index in [0.717, 1.165) is 12.8 Å². The van der Waals surface area contributed by atoms with Gasteiger partial charge in [0.15, 0.2) is 0 Å². The number of benzene rings is 2. The Balaban J connectivity index is 1.88. The van der Waals surface area contributed by atoms with E-state index in [2.05, 4.69) is 61.5 Å². The summed E-state index contributed by atoms with van der Waals surface area (Å²) in [7, 11) is 0. The summed E-state index contributed by atoms with van der Waals surface area (Å²) in [6.45, 7) is 2.26. The minimum Gasteiger partial charge on any atom is -0.0654 e. The first kappa shape index (κ1) is 13.9. The van der Waals surface area contributed by atoms with Gasteiger partial charge in [-0.3, -0.25) is 0 Å². The molecule has 0 saturated carbocycles. The Kier molecular flexibility index (Phi) is 5.68. The number of unbranched alkanes of at least 4 members (excludes halogenated alkanes) is 2. The lowest BCUT2D eigenvalue weighted by molar-refractivity contribution is 0.717. The molecule has 0 nitrogen and oxygen atoms in total. The average molecular weight is 252 g/mol. The number of hydrogen-bond donors (Lipinski definition) is 0. The van der Waals surface area contributed by atoms with E-state index in [1.165, 1.54) is 42.4 Å². The molecule has 100 valence electrons. The van der Waals surface area contributed by atoms with Crippen LogP contribution in [0.5, 0.6) is 0 Å². The summed E-state index contributed by atoms with van der Waals surface area (Å²) in [5.74, 6) is 0. The lowest BCUT2D eigenvalue weighted by Crippen LogP contribution is -1.93. The first-order valence-electron chi connectivity index (χ1n) is 7.50. The monoisotopic (exact) mass is 252 g/mol. The first-order valence-corrected chi connectivity index (χ1v) is 7.50. The van der Waals surface area contributed by atoms with Gasteiger partial charge in [0.1, 0.15) is 0 Å². The van der Waals surface area contributed by atoms with Gasteiger partial charge < -0.3 is 0 Å². The summed E-state index contributed by atoms with van der Waals surface area (Å²) in [4.78, 5) is 0. The van der Waals surface area contributed by atoms with Crippen molar-refractivity contribution in [3.8, 4) is 0 Å². The molecule has 2 rings (SSSR count). The van der Waals surface area contributed by atoms with E-state index >= 15 is 0 Å². The maximum absolute atomic E-state index is 2.39. The summed E-state index contributed by atoms with van der Waals surface area (Å²) in [6.07, 6.45) is 7.47. The Morgan fingerprint density at radius 2 is 1.26 bits per heavy atom. The van der Waals surface area contributed by atoms with Gasteiger partial charge in [-0.15, -0.1) is 0 Å². The third-order valence-electron chi connectivity index (χ3n) is 3.61. The molecule has 0 spiro atoms. The fraction of sp³-hybridized carbons (Fsp3) is 0.368. The number of rotatable bonds is 7. The van der Waals surface area contributed by atoms with Crippen LogP contribution in [0.15, 0.2) is 54.6 Å². The molecule has 0 heteroatoms. The van der Waals surface area contributed by atoms with Crippen molar-refractivity contribution in [1.82, 2.24) is 0 Å². The molecule has 0 atom stereocenters. The van der Waals surface area contributed by atoms with Crippen LogP contribution in [0.1, 0.15) is 42.9 Å². The van der Waals surface area contributed by atoms with Crippen LogP contribution < -0.4 is 0 Å². The van der Waals surface area contributed by atoms with Gasteiger partial charge in [-0.2, -0.15) is 0 Å². The molecule has 0 heterocycles. The molecule has 2 aromatic carbocycles. The highest BCUT2D eigenvalue weighted by Crippen LogP contribution is 2.12. The predicted molar refractivity (Wildman–Crippen MR) is 83.5 cm³/mol. The highest BCUT2D eigenvalue weighted by Gasteiger charge is 1.98. The van der Waals surface area contributed by atoms with Crippen LogP contribution >= 0.6 is 0 Å². The highest BCUT2D eigenvalue weighted by atomic mass is 14.0. The topological polar surface area (TPSA) is 0 Å². The molecular formula is C19H24. The molecule has 0 aliphatic rings. The zero-order chi connectivity index (χ0) is 13.3. The van der Waals surface area contributed by atoms with Crippen LogP contribution in [0.25, 0.3) is 0 Å². The van der Waals surface area contributed by atoms with E-state index in [-0.39, 0.29) is 0 Å². The molecule has 0 aliphatic heterocycles. The van der Waals surface area contributed by atoms with Crippen LogP contribution in [0.4, 0.5) is 0 Å². The fourth-order valence-corrected chi connectivity index (χ4v) is 2.45. The van der Waals surface area contributed by atoms with Crippen molar-refractivity contribution in [2.45, 2.75) is 45.4 Å². The van der Waals surface area contributed by atoms with Gasteiger partial charge in [0.2, 0.25) is 0 Å². The lowest BCUT2D eigenvalue weighted by Gasteiger charge is -2.05. The number of aryl methyl sites for hydroxylation is 3. The average Bonchev–Trinajstić information content (AvgIpc) is 2.47. The van der Waals surface area contributed by atoms with E-state index in [1.807, 2.05) is 0 Å². The van der Waals surface area contributed by atoms with E-state index in [4.69, 9.17) is 0 Å². The van der Waals surface area contributed by atoms with Crippen molar-refractivity contribution in [3.05, 3.63) is 71.3 Å². The largest absolute Gasteiger partial charge is 0.0654 e. The van der Waals surface area contributed by atoms with Gasteiger partial charge in [0.25, 0.3) is 0 Å². The first-order chi connectivity index (χ1) is 9.38. The van der Waals surface area contributed by atoms with Gasteiger partial charge in [-0.25, -0.2) is 0 Å². The summed E-state index contributed by atoms with van der Waals surface area (Å²) in [6, 6.07) is 19.9. The Labute approximate surface area is 117 Å². The number of hydrogen-bond acceptors (Lipinski definition) is 0. The van der Waals surface area contributed by atoms with Crippen LogP contribution in [0.3, 0.4) is 0 Å². The molecular weight excluding hydrogens is 228 g/mol. The zero-order valence-corrected chi connectivity index (χ0v) is 11.9. The van der Waals surface area contributed by atoms with Crippen molar-refractivity contribution >= 4 is 0 Å². The molecule has 0 amide bonds. The molecule has 2 aromatic rings. The van der Waals surface area contributed by atoms with Crippen molar-refractivity contribution in [2.75, 3.05) is 0 Å². The van der Waals surface area contributed by atoms with Crippen molar-refractivity contribution < 1.29 is 0 Å². The summed E-state index contributed by atoms with van der Waals surface area (Å²) in [5.41, 5.74) is 4.40. The second-order valence-electron chi connectivity index (χ2n) is 5.26. The SMILES string of the molecule is CCCCCc1cccc(CCc2ccccc2)c1. The normalized spacial score (nSPS) is 10.6. The molecule has 0 aliphatic carbocycles. The maximum Gasteiger partial charge on any atom is -0.0238 e. The van der Waals surface area contributed by atoms with Gasteiger partial charge in [-0.05, 0) is 42.4 Å². The Morgan fingerprint density at radius 1 is 0.632 bits per heavy atom. The van der Waals surface area contributed by atoms with E-state index < -0.39 is 0 Å². The molecule has 0 fully saturated rings. The Morgan fingerprint density at radius 3 is 2.00 bits per heavy atom. The molecule has 0 unspecified atom stereocenters. The maximum atomic E-state index is 2.39. The van der Waals surface area contributed by atoms with Crippen molar-refractivity contribution in [2.24, 2.45) is 0 Å². The van der Waals surface area contributed by atoms with Gasteiger partial charge in [-0.1, -0.05) is 74.4 Å². The molecule has 0 aromatic heterocycles. The lowest BCUT2D eigenvalue weighted by atomic mass is 10.0. The van der Waals surface area contributed by atoms with Crippen LogP contribution in [0, 0.1) is 0 Å². The quantitative estimate of drug-likeness (QED) is 0.594. The van der Waals surface area contributed by atoms with E-state index in [0.29, 0.717) is 0 Å². The van der Waals surface area contributed by atoms with E-state index in [1.54, 1.807) is 0 Å². The minimum absolute atomic E-state index is 1.14. The standard InChI is InChI=1S/C19H24/c1-2-3-5-11-18-12-8-13-19(16-18)15-14-17-9-6-4-7-10-17/h4,6-10,12-13,16H,2-3,5,11,14-15H2,1H3. The molecule has 0 radical (unpaired) electrons. The van der Waals surface area contributed by atoms with Gasteiger partial charge >= 0.3 is 0 Å². The third-order valence-corrected chi connectivity index (χ3v) is 3.61. The van der Waals surface area contributed by atoms with Crippen LogP contribution in [0.2, 0.25) is 0 Å². The molecule has 19 heavy (non-hydrogen) atoms. The Hall–Kier alpha value is -1.56. The minimum atomic E-state index is 1.14. The fourth-order valence-electron chi connectivity index (χ4n) is 2.45. The molecule has 0 saturated heterocycles. The highest BCUT2D eigenvalue weighted by molar-refractivity contribution is 5.25. The Bertz CT molecular complexity index is 470. The zero-order valence-electron chi connectivity index (χ0n) is 11.9. The summed E-state index contributed by atoms with van der Waals surface area (Å²) < 4.78 is 0. The van der Waals surface area contributed by atoms with Crippen molar-refractivity contribution in [3.63, 3.8) is 0 Å². The van der Waals surface area contributed by atoms with Gasteiger partial charge in [0, 0.05) is 0 Å². The second kappa shape index (κ2) is 7.78. The third kappa shape index (κ3) is 4.90. The molecule has 0 N–H and O–H groups in total. The summed E-state index contributed by atoms with van der Waals surface area (Å²) in [5, 5.41) is 0. The smallest absolute Gasteiger partial charge is 0.0238 e. The van der Waals surface area contributed by atoms with Crippen LogP contribution in [-0.2, 0) is 19.3 Å².